The van der Waals surface area contributed by atoms with Crippen LogP contribution in [0.2, 0.25) is 19.1 Å². The van der Waals surface area contributed by atoms with E-state index >= 15 is 0 Å². The predicted molar refractivity (Wildman–Crippen MR) is 128 cm³/mol. The number of hydrogen-bond acceptors (Lipinski definition) is 2. The highest BCUT2D eigenvalue weighted by atomic mass is 28.4. The molecule has 0 spiro atoms. The van der Waals surface area contributed by atoms with Gasteiger partial charge in [-0.3, -0.25) is 0 Å². The second kappa shape index (κ2) is 9.51. The molecule has 0 saturated carbocycles. The average Bonchev–Trinajstić information content (AvgIpc) is 3.46. The van der Waals surface area contributed by atoms with Gasteiger partial charge in [-0.15, -0.1) is 0 Å². The van der Waals surface area contributed by atoms with Crippen LogP contribution in [0.15, 0.2) is 79.4 Å². The van der Waals surface area contributed by atoms with Gasteiger partial charge in [0.25, 0.3) is 0 Å². The molecule has 0 radical (unpaired) electrons. The van der Waals surface area contributed by atoms with E-state index in [1.807, 2.05) is 0 Å². The molecule has 1 aliphatic heterocycles. The predicted octanol–water partition coefficient (Wildman–Crippen LogP) is 4.62. The lowest BCUT2D eigenvalue weighted by Gasteiger charge is -2.45. The van der Waals surface area contributed by atoms with Crippen molar-refractivity contribution in [2.75, 3.05) is 6.54 Å². The fourth-order valence-electron chi connectivity index (χ4n) is 4.97. The highest BCUT2D eigenvalue weighted by Gasteiger charge is 2.47. The fraction of sp³-hybridized carbons (Fsp3) is 0.423. The first-order valence-corrected chi connectivity index (χ1v) is 14.7. The van der Waals surface area contributed by atoms with Crippen LogP contribution in [0.3, 0.4) is 0 Å². The summed E-state index contributed by atoms with van der Waals surface area (Å²) in [7, 11) is 0.0914. The third-order valence-electron chi connectivity index (χ3n) is 6.41. The molecular weight excluding hydrogens is 398 g/mol. The molecule has 1 saturated heterocycles. The molecule has 2 aromatic carbocycles. The average molecular weight is 435 g/mol. The van der Waals surface area contributed by atoms with Crippen LogP contribution in [0.25, 0.3) is 0 Å². The molecule has 4 rings (SSSR count). The summed E-state index contributed by atoms with van der Waals surface area (Å²) in [6.45, 7) is 6.87. The van der Waals surface area contributed by atoms with Crippen molar-refractivity contribution in [3.05, 3.63) is 90.5 Å². The van der Waals surface area contributed by atoms with Crippen LogP contribution in [-0.4, -0.2) is 25.5 Å². The Morgan fingerprint density at radius 1 is 1.06 bits per heavy atom. The van der Waals surface area contributed by atoms with Crippen molar-refractivity contribution >= 4 is 8.32 Å². The SMILES string of the molecule is C[n+]1ccn(CCC[Si](C)(C)OC(c2ccccc2)(c2ccccc2)[C@@H]2CCCN2)c1. The van der Waals surface area contributed by atoms with Gasteiger partial charge in [0.2, 0.25) is 6.33 Å². The molecule has 0 amide bonds. The third-order valence-corrected chi connectivity index (χ3v) is 8.84. The summed E-state index contributed by atoms with van der Waals surface area (Å²) < 4.78 is 11.8. The standard InChI is InChI=1S/C26H36N3OSi/c1-28-19-20-29(22-28)18-11-21-31(2,3)30-26(25-16-10-17-27-25,23-12-6-4-7-13-23)24-14-8-5-9-15-24/h4-9,12-15,19-20,22,25,27H,10-11,16-18,21H2,1-3H3/q+1/t25-/m0/s1. The highest BCUT2D eigenvalue weighted by Crippen LogP contribution is 2.43. The molecule has 0 bridgehead atoms. The maximum Gasteiger partial charge on any atom is 0.243 e. The van der Waals surface area contributed by atoms with Crippen molar-refractivity contribution in [1.82, 2.24) is 9.88 Å². The van der Waals surface area contributed by atoms with Gasteiger partial charge < -0.3 is 9.74 Å². The molecule has 3 aromatic rings. The largest absolute Gasteiger partial charge is 0.402 e. The highest BCUT2D eigenvalue weighted by molar-refractivity contribution is 6.71. The molecule has 0 aliphatic carbocycles. The molecular formula is C26H36N3OSi+. The van der Waals surface area contributed by atoms with Crippen molar-refractivity contribution in [1.29, 1.82) is 0 Å². The normalized spacial score (nSPS) is 17.2. The number of nitrogens with one attached hydrogen (secondary N) is 1. The van der Waals surface area contributed by atoms with Gasteiger partial charge in [0.1, 0.15) is 18.0 Å². The van der Waals surface area contributed by atoms with Gasteiger partial charge in [0.05, 0.1) is 13.6 Å². The number of aryl methyl sites for hydroxylation is 2. The van der Waals surface area contributed by atoms with E-state index in [0.717, 1.165) is 32.0 Å². The zero-order valence-electron chi connectivity index (χ0n) is 19.1. The van der Waals surface area contributed by atoms with Crippen molar-refractivity contribution in [2.24, 2.45) is 7.05 Å². The molecule has 5 heteroatoms. The van der Waals surface area contributed by atoms with Crippen LogP contribution in [0.4, 0.5) is 0 Å². The van der Waals surface area contributed by atoms with Crippen LogP contribution in [0, 0.1) is 0 Å². The first-order valence-electron chi connectivity index (χ1n) is 11.6. The fourth-order valence-corrected chi connectivity index (χ4v) is 7.33. The van der Waals surface area contributed by atoms with Crippen LogP contribution in [-0.2, 0) is 23.6 Å². The first-order chi connectivity index (χ1) is 15.0. The Bertz CT molecular complexity index is 910. The lowest BCUT2D eigenvalue weighted by atomic mass is 9.79. The smallest absolute Gasteiger partial charge is 0.243 e. The van der Waals surface area contributed by atoms with E-state index in [9.17, 15) is 0 Å². The van der Waals surface area contributed by atoms with E-state index in [1.165, 1.54) is 17.5 Å². The van der Waals surface area contributed by atoms with E-state index in [2.05, 4.69) is 114 Å². The van der Waals surface area contributed by atoms with Gasteiger partial charge in [-0.2, -0.15) is 0 Å². The Hall–Kier alpha value is -2.21. The van der Waals surface area contributed by atoms with Crippen LogP contribution >= 0.6 is 0 Å². The number of imidazole rings is 1. The maximum absolute atomic E-state index is 7.39. The minimum Gasteiger partial charge on any atom is -0.402 e. The molecule has 1 aliphatic rings. The number of aromatic nitrogens is 2. The molecule has 1 fully saturated rings. The van der Waals surface area contributed by atoms with Gasteiger partial charge in [-0.25, -0.2) is 9.13 Å². The summed E-state index contributed by atoms with van der Waals surface area (Å²) in [5.41, 5.74) is 2.08. The maximum atomic E-state index is 7.39. The van der Waals surface area contributed by atoms with Crippen LogP contribution < -0.4 is 9.88 Å². The van der Waals surface area contributed by atoms with E-state index in [1.54, 1.807) is 0 Å². The minimum absolute atomic E-state index is 0.285. The van der Waals surface area contributed by atoms with E-state index < -0.39 is 13.9 Å². The second-order valence-corrected chi connectivity index (χ2v) is 13.6. The Balaban J connectivity index is 1.64. The minimum atomic E-state index is -1.98. The molecule has 164 valence electrons. The van der Waals surface area contributed by atoms with E-state index in [4.69, 9.17) is 4.43 Å². The topological polar surface area (TPSA) is 30.1 Å². The Kier molecular flexibility index (Phi) is 6.75. The number of hydrogen-bond donors (Lipinski definition) is 1. The number of nitrogens with zero attached hydrogens (tertiary/aromatic N) is 2. The van der Waals surface area contributed by atoms with Crippen molar-refractivity contribution in [3.63, 3.8) is 0 Å². The summed E-state index contributed by atoms with van der Waals surface area (Å²) in [6, 6.07) is 23.2. The molecule has 31 heavy (non-hydrogen) atoms. The lowest BCUT2D eigenvalue weighted by molar-refractivity contribution is -0.671. The van der Waals surface area contributed by atoms with Crippen LogP contribution in [0.1, 0.15) is 30.4 Å². The summed E-state index contributed by atoms with van der Waals surface area (Å²) in [4.78, 5) is 0. The van der Waals surface area contributed by atoms with Gasteiger partial charge >= 0.3 is 0 Å². The molecule has 1 atom stereocenters. The monoisotopic (exact) mass is 434 g/mol. The van der Waals surface area contributed by atoms with E-state index in [-0.39, 0.29) is 6.04 Å². The third kappa shape index (κ3) is 5.00. The summed E-state index contributed by atoms with van der Waals surface area (Å²) in [5, 5.41) is 3.79. The van der Waals surface area contributed by atoms with Crippen molar-refractivity contribution < 1.29 is 8.99 Å². The zero-order valence-corrected chi connectivity index (χ0v) is 20.1. The summed E-state index contributed by atoms with van der Waals surface area (Å²) >= 11 is 0. The van der Waals surface area contributed by atoms with Gasteiger partial charge in [-0.1, -0.05) is 60.7 Å². The lowest BCUT2D eigenvalue weighted by Crippen LogP contribution is -2.53. The summed E-state index contributed by atoms with van der Waals surface area (Å²) in [6.07, 6.45) is 9.86. The summed E-state index contributed by atoms with van der Waals surface area (Å²) in [5.74, 6) is 0. The van der Waals surface area contributed by atoms with Gasteiger partial charge in [-0.05, 0) is 56.1 Å². The molecule has 1 N–H and O–H groups in total. The number of benzene rings is 2. The Labute approximate surface area is 188 Å². The molecule has 2 heterocycles. The van der Waals surface area contributed by atoms with Crippen molar-refractivity contribution in [3.8, 4) is 0 Å². The Morgan fingerprint density at radius 3 is 2.23 bits per heavy atom. The number of rotatable bonds is 9. The first kappa shape index (κ1) is 22.0. The molecule has 0 unspecified atom stereocenters. The van der Waals surface area contributed by atoms with Gasteiger partial charge in [0.15, 0.2) is 8.32 Å². The van der Waals surface area contributed by atoms with Crippen molar-refractivity contribution in [2.45, 2.75) is 56.6 Å². The van der Waals surface area contributed by atoms with E-state index in [0.29, 0.717) is 0 Å². The quantitative estimate of drug-likeness (QED) is 0.393. The molecule has 4 nitrogen and oxygen atoms in total. The van der Waals surface area contributed by atoms with Gasteiger partial charge in [0, 0.05) is 6.04 Å². The molecule has 1 aromatic heterocycles. The second-order valence-electron chi connectivity index (χ2n) is 9.40. The van der Waals surface area contributed by atoms with Crippen LogP contribution in [0.5, 0.6) is 0 Å². The Morgan fingerprint density at radius 2 is 1.71 bits per heavy atom. The zero-order chi connectivity index (χ0) is 21.7.